The highest BCUT2D eigenvalue weighted by atomic mass is 127. The normalized spacial score (nSPS) is 11.2. The first-order chi connectivity index (χ1) is 10.7. The van der Waals surface area contributed by atoms with Gasteiger partial charge in [-0.1, -0.05) is 19.9 Å². The van der Waals surface area contributed by atoms with Crippen molar-refractivity contribution in [3.8, 4) is 0 Å². The van der Waals surface area contributed by atoms with E-state index in [2.05, 4.69) is 51.7 Å². The molecule has 0 radical (unpaired) electrons. The van der Waals surface area contributed by atoms with E-state index in [9.17, 15) is 0 Å². The molecule has 0 fully saturated rings. The van der Waals surface area contributed by atoms with Gasteiger partial charge in [-0.25, -0.2) is 9.98 Å². The van der Waals surface area contributed by atoms with E-state index in [0.717, 1.165) is 28.9 Å². The van der Waals surface area contributed by atoms with Gasteiger partial charge in [0.1, 0.15) is 0 Å². The van der Waals surface area contributed by atoms with Crippen LogP contribution in [0.5, 0.6) is 0 Å². The van der Waals surface area contributed by atoms with Crippen molar-refractivity contribution in [3.05, 3.63) is 46.2 Å². The van der Waals surface area contributed by atoms with Crippen LogP contribution >= 0.6 is 35.3 Å². The molecule has 2 aromatic heterocycles. The first-order valence-electron chi connectivity index (χ1n) is 7.55. The highest BCUT2D eigenvalue weighted by molar-refractivity contribution is 14.0. The Morgan fingerprint density at radius 3 is 2.70 bits per heavy atom. The minimum atomic E-state index is 0. The second-order valence-corrected chi connectivity index (χ2v) is 6.09. The maximum absolute atomic E-state index is 4.60. The van der Waals surface area contributed by atoms with Gasteiger partial charge in [0.25, 0.3) is 0 Å². The maximum atomic E-state index is 4.60. The predicted octanol–water partition coefficient (Wildman–Crippen LogP) is 3.53. The Balaban J connectivity index is 0.00000264. The number of aromatic nitrogens is 2. The second-order valence-electron chi connectivity index (χ2n) is 5.20. The van der Waals surface area contributed by atoms with E-state index in [1.807, 2.05) is 18.2 Å². The summed E-state index contributed by atoms with van der Waals surface area (Å²) in [6.07, 6.45) is 1.80. The molecule has 0 atom stereocenters. The monoisotopic (exact) mass is 445 g/mol. The summed E-state index contributed by atoms with van der Waals surface area (Å²) in [4.78, 5) is 13.5. The van der Waals surface area contributed by atoms with Crippen LogP contribution in [0.15, 0.2) is 34.8 Å². The molecule has 0 saturated carbocycles. The average Bonchev–Trinajstić information content (AvgIpc) is 3.00. The lowest BCUT2D eigenvalue weighted by Crippen LogP contribution is -2.37. The minimum absolute atomic E-state index is 0. The van der Waals surface area contributed by atoms with Crippen LogP contribution in [0, 0.1) is 0 Å². The molecule has 5 nitrogen and oxygen atoms in total. The lowest BCUT2D eigenvalue weighted by molar-refractivity contribution is 0.793. The first kappa shape index (κ1) is 19.8. The fraction of sp³-hybridized carbons (Fsp3) is 0.438. The molecule has 0 bridgehead atoms. The zero-order chi connectivity index (χ0) is 15.8. The number of pyridine rings is 1. The molecule has 0 aliphatic rings. The third kappa shape index (κ3) is 6.82. The van der Waals surface area contributed by atoms with Gasteiger partial charge < -0.3 is 10.6 Å². The van der Waals surface area contributed by atoms with Gasteiger partial charge in [-0.05, 0) is 19.1 Å². The Labute approximate surface area is 159 Å². The third-order valence-corrected chi connectivity index (χ3v) is 4.16. The fourth-order valence-corrected chi connectivity index (χ4v) is 2.67. The summed E-state index contributed by atoms with van der Waals surface area (Å²) in [5.74, 6) is 1.26. The van der Waals surface area contributed by atoms with Gasteiger partial charge in [0.05, 0.1) is 29.5 Å². The molecule has 2 rings (SSSR count). The van der Waals surface area contributed by atoms with E-state index < -0.39 is 0 Å². The van der Waals surface area contributed by atoms with Gasteiger partial charge in [0.15, 0.2) is 5.96 Å². The third-order valence-electron chi connectivity index (χ3n) is 2.97. The number of rotatable bonds is 6. The number of hydrogen-bond acceptors (Lipinski definition) is 4. The van der Waals surface area contributed by atoms with Gasteiger partial charge in [0.2, 0.25) is 0 Å². The van der Waals surface area contributed by atoms with Crippen LogP contribution in [0.4, 0.5) is 0 Å². The summed E-state index contributed by atoms with van der Waals surface area (Å²) in [5.41, 5.74) is 2.01. The summed E-state index contributed by atoms with van der Waals surface area (Å²) in [6, 6.07) is 5.89. The highest BCUT2D eigenvalue weighted by Gasteiger charge is 2.06. The van der Waals surface area contributed by atoms with Gasteiger partial charge in [-0.3, -0.25) is 4.98 Å². The first-order valence-corrected chi connectivity index (χ1v) is 8.43. The maximum Gasteiger partial charge on any atom is 0.191 e. The predicted molar refractivity (Wildman–Crippen MR) is 108 cm³/mol. The fourth-order valence-electron chi connectivity index (χ4n) is 1.84. The van der Waals surface area contributed by atoms with Crippen molar-refractivity contribution in [2.75, 3.05) is 6.54 Å². The summed E-state index contributed by atoms with van der Waals surface area (Å²) >= 11 is 1.70. The van der Waals surface area contributed by atoms with Crippen molar-refractivity contribution in [1.82, 2.24) is 20.6 Å². The number of hydrogen-bond donors (Lipinski definition) is 2. The Morgan fingerprint density at radius 2 is 2.09 bits per heavy atom. The Kier molecular flexibility index (Phi) is 9.08. The molecule has 2 N–H and O–H groups in total. The second kappa shape index (κ2) is 10.5. The number of nitrogens with zero attached hydrogens (tertiary/aromatic N) is 3. The largest absolute Gasteiger partial charge is 0.357 e. The van der Waals surface area contributed by atoms with Crippen LogP contribution in [-0.4, -0.2) is 22.5 Å². The minimum Gasteiger partial charge on any atom is -0.357 e. The molecule has 0 aromatic carbocycles. The lowest BCUT2D eigenvalue weighted by Gasteiger charge is -2.10. The van der Waals surface area contributed by atoms with Gasteiger partial charge in [-0.15, -0.1) is 35.3 Å². The molecular formula is C16H24IN5S. The van der Waals surface area contributed by atoms with Crippen LogP contribution in [0.2, 0.25) is 0 Å². The summed E-state index contributed by atoms with van der Waals surface area (Å²) in [7, 11) is 0. The smallest absolute Gasteiger partial charge is 0.191 e. The van der Waals surface area contributed by atoms with Gasteiger partial charge in [-0.2, -0.15) is 0 Å². The molecule has 0 saturated heterocycles. The zero-order valence-corrected chi connectivity index (χ0v) is 16.9. The number of thiazole rings is 1. The Hall–Kier alpha value is -1.22. The van der Waals surface area contributed by atoms with Crippen LogP contribution < -0.4 is 10.6 Å². The number of guanidine groups is 1. The van der Waals surface area contributed by atoms with Crippen LogP contribution in [0.3, 0.4) is 0 Å². The van der Waals surface area contributed by atoms with Crippen molar-refractivity contribution in [3.63, 3.8) is 0 Å². The van der Waals surface area contributed by atoms with E-state index >= 15 is 0 Å². The van der Waals surface area contributed by atoms with Crippen LogP contribution in [0.25, 0.3) is 0 Å². The van der Waals surface area contributed by atoms with Gasteiger partial charge in [0, 0.05) is 24.0 Å². The summed E-state index contributed by atoms with van der Waals surface area (Å²) < 4.78 is 0. The number of halogens is 1. The van der Waals surface area contributed by atoms with E-state index in [4.69, 9.17) is 0 Å². The van der Waals surface area contributed by atoms with E-state index in [1.54, 1.807) is 17.5 Å². The Morgan fingerprint density at radius 1 is 1.26 bits per heavy atom. The molecule has 23 heavy (non-hydrogen) atoms. The highest BCUT2D eigenvalue weighted by Crippen LogP contribution is 2.19. The van der Waals surface area contributed by atoms with Crippen molar-refractivity contribution in [1.29, 1.82) is 0 Å². The molecule has 7 heteroatoms. The molecule has 2 heterocycles. The van der Waals surface area contributed by atoms with Crippen molar-refractivity contribution < 1.29 is 0 Å². The average molecular weight is 445 g/mol. The SMILES string of the molecule is CCNC(=NCc1csc(C(C)C)n1)NCc1ccccn1.I. The van der Waals surface area contributed by atoms with Crippen molar-refractivity contribution >= 4 is 41.3 Å². The summed E-state index contributed by atoms with van der Waals surface area (Å²) in [5, 5.41) is 9.78. The van der Waals surface area contributed by atoms with Crippen LogP contribution in [-0.2, 0) is 13.1 Å². The Bertz CT molecular complexity index is 598. The van der Waals surface area contributed by atoms with Gasteiger partial charge >= 0.3 is 0 Å². The van der Waals surface area contributed by atoms with E-state index in [0.29, 0.717) is 19.0 Å². The van der Waals surface area contributed by atoms with Crippen LogP contribution in [0.1, 0.15) is 43.1 Å². The molecule has 126 valence electrons. The molecule has 0 aliphatic carbocycles. The molecule has 0 spiro atoms. The molecule has 0 amide bonds. The lowest BCUT2D eigenvalue weighted by atomic mass is 10.2. The molecule has 2 aromatic rings. The van der Waals surface area contributed by atoms with Crippen molar-refractivity contribution in [2.24, 2.45) is 4.99 Å². The topological polar surface area (TPSA) is 62.2 Å². The quantitative estimate of drug-likeness (QED) is 0.406. The number of aliphatic imine (C=N–C) groups is 1. The zero-order valence-electron chi connectivity index (χ0n) is 13.7. The van der Waals surface area contributed by atoms with E-state index in [1.165, 1.54) is 0 Å². The van der Waals surface area contributed by atoms with Crippen molar-refractivity contribution in [2.45, 2.75) is 39.8 Å². The standard InChI is InChI=1S/C16H23N5S.HI/c1-4-17-16(19-9-13-7-5-6-8-18-13)20-10-14-11-22-15(21-14)12(2)3;/h5-8,11-12H,4,9-10H2,1-3H3,(H2,17,19,20);1H. The molecular weight excluding hydrogens is 421 g/mol. The number of nitrogens with one attached hydrogen (secondary N) is 2. The summed E-state index contributed by atoms with van der Waals surface area (Å²) in [6.45, 7) is 8.43. The molecule has 0 aliphatic heterocycles. The van der Waals surface area contributed by atoms with E-state index in [-0.39, 0.29) is 24.0 Å². The molecule has 0 unspecified atom stereocenters.